The zero-order valence-electron chi connectivity index (χ0n) is 8.59. The zero-order valence-corrected chi connectivity index (χ0v) is 8.59. The molecule has 0 fully saturated rings. The van der Waals surface area contributed by atoms with E-state index in [0.717, 1.165) is 0 Å². The lowest BCUT2D eigenvalue weighted by atomic mass is 10.2. The smallest absolute Gasteiger partial charge is 0.217 e. The molecule has 0 aliphatic rings. The summed E-state index contributed by atoms with van der Waals surface area (Å²) >= 11 is 0. The summed E-state index contributed by atoms with van der Waals surface area (Å²) in [5.74, 6) is -0.417. The number of amides is 1. The van der Waals surface area contributed by atoms with E-state index in [-0.39, 0.29) is 18.1 Å². The van der Waals surface area contributed by atoms with Crippen LogP contribution in [-0.2, 0) is 14.4 Å². The molecule has 1 amide bonds. The van der Waals surface area contributed by atoms with Gasteiger partial charge in [0.2, 0.25) is 5.91 Å². The Morgan fingerprint density at radius 2 is 1.77 bits per heavy atom. The van der Waals surface area contributed by atoms with Crippen molar-refractivity contribution in [1.29, 1.82) is 0 Å². The van der Waals surface area contributed by atoms with Gasteiger partial charge < -0.3 is 10.1 Å². The quantitative estimate of drug-likeness (QED) is 0.659. The Morgan fingerprint density at radius 1 is 1.31 bits per heavy atom. The Hall–Kier alpha value is -1.19. The van der Waals surface area contributed by atoms with Crippen molar-refractivity contribution in [2.75, 3.05) is 0 Å². The fourth-order valence-corrected chi connectivity index (χ4v) is 0.704. The summed E-state index contributed by atoms with van der Waals surface area (Å²) in [5, 5.41) is 2.33. The van der Waals surface area contributed by atoms with E-state index >= 15 is 0 Å². The van der Waals surface area contributed by atoms with Crippen LogP contribution in [0.15, 0.2) is 0 Å². The van der Waals surface area contributed by atoms with Gasteiger partial charge in [-0.15, -0.1) is 0 Å². The van der Waals surface area contributed by atoms with Crippen LogP contribution < -0.4 is 5.32 Å². The Balaban J connectivity index is 0. The summed E-state index contributed by atoms with van der Waals surface area (Å²) in [5.41, 5.74) is 0. The van der Waals surface area contributed by atoms with Gasteiger partial charge in [0.05, 0.1) is 6.04 Å². The molecule has 0 aromatic carbocycles. The molecule has 13 heavy (non-hydrogen) atoms. The highest BCUT2D eigenvalue weighted by Crippen LogP contribution is 1.88. The van der Waals surface area contributed by atoms with Crippen LogP contribution in [0.5, 0.6) is 0 Å². The lowest BCUT2D eigenvalue weighted by Crippen LogP contribution is -2.35. The molecule has 0 aliphatic carbocycles. The summed E-state index contributed by atoms with van der Waals surface area (Å²) in [6.07, 6.45) is 0.631. The minimum atomic E-state index is -0.662. The maximum absolute atomic E-state index is 10.5. The van der Waals surface area contributed by atoms with Gasteiger partial charge in [-0.25, -0.2) is 0 Å². The molecular weight excluding hydrogens is 170 g/mol. The van der Waals surface area contributed by atoms with Gasteiger partial charge in [-0.3, -0.25) is 9.59 Å². The fraction of sp³-hybridized carbons (Fsp3) is 0.667. The number of hydrogen-bond donors (Lipinski definition) is 1. The summed E-state index contributed by atoms with van der Waals surface area (Å²) in [4.78, 5) is 31.1. The van der Waals surface area contributed by atoms with E-state index in [0.29, 0.717) is 6.29 Å². The summed E-state index contributed by atoms with van der Waals surface area (Å²) < 4.78 is 0. The molecule has 0 saturated carbocycles. The standard InChI is InChI=1S/C7H11NO3.C2H6/c1-5(10)3-7(4-9)8-6(2)11;1-2/h4,7H,3H2,1-2H3,(H,8,11);1-2H3. The highest BCUT2D eigenvalue weighted by atomic mass is 16.2. The van der Waals surface area contributed by atoms with Crippen molar-refractivity contribution in [1.82, 2.24) is 5.32 Å². The van der Waals surface area contributed by atoms with Crippen LogP contribution >= 0.6 is 0 Å². The van der Waals surface area contributed by atoms with Crippen LogP contribution in [0.4, 0.5) is 0 Å². The Morgan fingerprint density at radius 3 is 2.00 bits per heavy atom. The minimum Gasteiger partial charge on any atom is -0.346 e. The molecule has 1 unspecified atom stereocenters. The van der Waals surface area contributed by atoms with Crippen LogP contribution in [0.2, 0.25) is 0 Å². The third kappa shape index (κ3) is 10.8. The number of ketones is 1. The van der Waals surface area contributed by atoms with Crippen molar-refractivity contribution in [3.8, 4) is 0 Å². The van der Waals surface area contributed by atoms with Crippen LogP contribution in [0.25, 0.3) is 0 Å². The van der Waals surface area contributed by atoms with Gasteiger partial charge in [0.15, 0.2) is 0 Å². The van der Waals surface area contributed by atoms with E-state index < -0.39 is 6.04 Å². The SMILES string of the molecule is CC.CC(=O)CC(C=O)NC(C)=O. The monoisotopic (exact) mass is 187 g/mol. The Bertz CT molecular complexity index is 162. The van der Waals surface area contributed by atoms with Crippen molar-refractivity contribution < 1.29 is 14.4 Å². The summed E-state index contributed by atoms with van der Waals surface area (Å²) in [6.45, 7) is 6.68. The second-order valence-electron chi connectivity index (χ2n) is 2.35. The third-order valence-electron chi connectivity index (χ3n) is 1.06. The van der Waals surface area contributed by atoms with Gasteiger partial charge in [-0.2, -0.15) is 0 Å². The van der Waals surface area contributed by atoms with Gasteiger partial charge in [-0.05, 0) is 6.92 Å². The topological polar surface area (TPSA) is 63.2 Å². The van der Waals surface area contributed by atoms with Crippen LogP contribution in [0, 0.1) is 0 Å². The lowest BCUT2D eigenvalue weighted by molar-refractivity contribution is -0.124. The van der Waals surface area contributed by atoms with Crippen molar-refractivity contribution in [2.45, 2.75) is 40.2 Å². The normalized spacial score (nSPS) is 10.5. The van der Waals surface area contributed by atoms with E-state index in [2.05, 4.69) is 5.32 Å². The minimum absolute atomic E-state index is 0.0725. The van der Waals surface area contributed by atoms with Gasteiger partial charge in [-0.1, -0.05) is 13.8 Å². The maximum Gasteiger partial charge on any atom is 0.217 e. The molecule has 0 radical (unpaired) electrons. The molecule has 0 spiro atoms. The second kappa shape index (κ2) is 8.90. The average molecular weight is 187 g/mol. The average Bonchev–Trinajstić information content (AvgIpc) is 2.05. The predicted octanol–water partition coefficient (Wildman–Crippen LogP) is 0.695. The third-order valence-corrected chi connectivity index (χ3v) is 1.06. The predicted molar refractivity (Wildman–Crippen MR) is 50.3 cm³/mol. The molecule has 76 valence electrons. The van der Waals surface area contributed by atoms with E-state index in [1.807, 2.05) is 13.8 Å². The largest absolute Gasteiger partial charge is 0.346 e. The van der Waals surface area contributed by atoms with E-state index in [4.69, 9.17) is 0 Å². The van der Waals surface area contributed by atoms with Gasteiger partial charge >= 0.3 is 0 Å². The molecule has 0 aliphatic heterocycles. The number of carbonyl (C=O) groups is 3. The molecule has 0 aromatic rings. The first-order chi connectivity index (χ1) is 6.06. The molecule has 1 N–H and O–H groups in total. The van der Waals surface area contributed by atoms with Gasteiger partial charge in [0.1, 0.15) is 12.1 Å². The molecule has 0 rings (SSSR count). The van der Waals surface area contributed by atoms with Crippen molar-refractivity contribution in [3.63, 3.8) is 0 Å². The van der Waals surface area contributed by atoms with Crippen molar-refractivity contribution in [2.24, 2.45) is 0 Å². The van der Waals surface area contributed by atoms with Crippen LogP contribution in [0.1, 0.15) is 34.1 Å². The fourth-order valence-electron chi connectivity index (χ4n) is 0.704. The first-order valence-corrected chi connectivity index (χ1v) is 4.28. The van der Waals surface area contributed by atoms with Crippen LogP contribution in [-0.4, -0.2) is 24.0 Å². The summed E-state index contributed by atoms with van der Waals surface area (Å²) in [7, 11) is 0. The highest BCUT2D eigenvalue weighted by molar-refractivity contribution is 5.83. The number of hydrogen-bond acceptors (Lipinski definition) is 3. The summed E-state index contributed by atoms with van der Waals surface area (Å²) in [6, 6.07) is -0.662. The number of carbonyl (C=O) groups excluding carboxylic acids is 3. The zero-order chi connectivity index (χ0) is 10.9. The van der Waals surface area contributed by atoms with E-state index in [1.165, 1.54) is 13.8 Å². The van der Waals surface area contributed by atoms with E-state index in [9.17, 15) is 14.4 Å². The molecule has 0 aromatic heterocycles. The Kier molecular flexibility index (Phi) is 9.82. The number of nitrogens with one attached hydrogen (secondary N) is 1. The molecule has 0 heterocycles. The molecule has 0 bridgehead atoms. The maximum atomic E-state index is 10.5. The molecule has 4 nitrogen and oxygen atoms in total. The molecule has 1 atom stereocenters. The van der Waals surface area contributed by atoms with Gasteiger partial charge in [0, 0.05) is 13.3 Å². The van der Waals surface area contributed by atoms with Gasteiger partial charge in [0.25, 0.3) is 0 Å². The first kappa shape index (κ1) is 14.3. The molecule has 4 heteroatoms. The van der Waals surface area contributed by atoms with Crippen LogP contribution in [0.3, 0.4) is 0 Å². The highest BCUT2D eigenvalue weighted by Gasteiger charge is 2.09. The number of rotatable bonds is 4. The van der Waals surface area contributed by atoms with Crippen molar-refractivity contribution >= 4 is 18.0 Å². The molecule has 0 saturated heterocycles. The number of aldehydes is 1. The van der Waals surface area contributed by atoms with Crippen molar-refractivity contribution in [3.05, 3.63) is 0 Å². The second-order valence-corrected chi connectivity index (χ2v) is 2.35. The van der Waals surface area contributed by atoms with E-state index in [1.54, 1.807) is 0 Å². The lowest BCUT2D eigenvalue weighted by Gasteiger charge is -2.07. The molecular formula is C9H17NO3. The first-order valence-electron chi connectivity index (χ1n) is 4.28. The Labute approximate surface area is 78.7 Å². The number of Topliss-reactive ketones (excluding diaryl/α,β-unsaturated/α-hetero) is 1.